The molecular weight excluding hydrogens is 312 g/mol. The Morgan fingerprint density at radius 1 is 1.13 bits per heavy atom. The first kappa shape index (κ1) is 17.0. The molecule has 0 aliphatic heterocycles. The minimum absolute atomic E-state index is 0.0521. The molecule has 0 fully saturated rings. The highest BCUT2D eigenvalue weighted by atomic mass is 32.2. The predicted octanol–water partition coefficient (Wildman–Crippen LogP) is 3.19. The Labute approximate surface area is 135 Å². The number of hydrogen-bond acceptors (Lipinski definition) is 3. The third-order valence-electron chi connectivity index (χ3n) is 3.34. The molecule has 0 heterocycles. The van der Waals surface area contributed by atoms with Gasteiger partial charge in [0, 0.05) is 17.5 Å². The summed E-state index contributed by atoms with van der Waals surface area (Å²) in [6.45, 7) is 1.94. The van der Waals surface area contributed by atoms with Gasteiger partial charge in [-0.2, -0.15) is 0 Å². The number of nitrogens with zero attached hydrogens (tertiary/aromatic N) is 3. The monoisotopic (exact) mass is 330 g/mol. The summed E-state index contributed by atoms with van der Waals surface area (Å²) in [5.41, 5.74) is 10.5. The van der Waals surface area contributed by atoms with E-state index in [1.165, 1.54) is 0 Å². The normalized spacial score (nSPS) is 12.4. The Kier molecular flexibility index (Phi) is 5.76. The smallest absolute Gasteiger partial charge is 0.208 e. The zero-order chi connectivity index (χ0) is 16.7. The molecular formula is C16H18N4O2S. The lowest BCUT2D eigenvalue weighted by atomic mass is 10.1. The van der Waals surface area contributed by atoms with Gasteiger partial charge in [-0.25, -0.2) is 13.1 Å². The standard InChI is InChI=1S/C16H18N4O2S/c1-13-7-9-16(10-8-13)23(21,22)19-15(12-18-20-17)11-14-5-3-2-4-6-14/h2-10,15,19H,11-12H2,1H3. The molecule has 0 radical (unpaired) electrons. The summed E-state index contributed by atoms with van der Waals surface area (Å²) in [6, 6.07) is 15.6. The maximum Gasteiger partial charge on any atom is 0.240 e. The maximum atomic E-state index is 12.5. The van der Waals surface area contributed by atoms with Crippen LogP contribution >= 0.6 is 0 Å². The van der Waals surface area contributed by atoms with E-state index in [1.54, 1.807) is 24.3 Å². The molecule has 2 rings (SSSR count). The van der Waals surface area contributed by atoms with Gasteiger partial charge in [0.15, 0.2) is 0 Å². The summed E-state index contributed by atoms with van der Waals surface area (Å²) in [5.74, 6) is 0. The van der Waals surface area contributed by atoms with E-state index in [0.717, 1.165) is 11.1 Å². The summed E-state index contributed by atoms with van der Waals surface area (Å²) in [7, 11) is -3.66. The molecule has 0 aliphatic carbocycles. The quantitative estimate of drug-likeness (QED) is 0.479. The number of hydrogen-bond donors (Lipinski definition) is 1. The van der Waals surface area contributed by atoms with Crippen molar-refractivity contribution in [1.82, 2.24) is 4.72 Å². The number of benzene rings is 2. The molecule has 120 valence electrons. The zero-order valence-corrected chi connectivity index (χ0v) is 13.6. The molecule has 7 heteroatoms. The van der Waals surface area contributed by atoms with Crippen LogP contribution < -0.4 is 4.72 Å². The van der Waals surface area contributed by atoms with Crippen molar-refractivity contribution < 1.29 is 8.42 Å². The van der Waals surface area contributed by atoms with Crippen molar-refractivity contribution in [3.63, 3.8) is 0 Å². The van der Waals surface area contributed by atoms with Crippen molar-refractivity contribution in [3.05, 3.63) is 76.2 Å². The van der Waals surface area contributed by atoms with Crippen LogP contribution in [0.25, 0.3) is 10.4 Å². The van der Waals surface area contributed by atoms with E-state index in [0.29, 0.717) is 6.42 Å². The van der Waals surface area contributed by atoms with Crippen molar-refractivity contribution in [2.24, 2.45) is 5.11 Å². The van der Waals surface area contributed by atoms with Crippen LogP contribution in [0.5, 0.6) is 0 Å². The second kappa shape index (κ2) is 7.78. The molecule has 0 aliphatic rings. The second-order valence-corrected chi connectivity index (χ2v) is 6.95. The van der Waals surface area contributed by atoms with Gasteiger partial charge in [-0.05, 0) is 36.6 Å². The van der Waals surface area contributed by atoms with Crippen molar-refractivity contribution in [1.29, 1.82) is 0 Å². The molecule has 2 aromatic rings. The molecule has 0 saturated heterocycles. The molecule has 0 aromatic heterocycles. The first-order valence-corrected chi connectivity index (χ1v) is 8.63. The Hall–Kier alpha value is -2.34. The Balaban J connectivity index is 2.19. The van der Waals surface area contributed by atoms with Gasteiger partial charge in [0.1, 0.15) is 0 Å². The molecule has 6 nitrogen and oxygen atoms in total. The van der Waals surface area contributed by atoms with Crippen LogP contribution in [0, 0.1) is 6.92 Å². The average molecular weight is 330 g/mol. The van der Waals surface area contributed by atoms with E-state index in [4.69, 9.17) is 5.53 Å². The molecule has 0 bridgehead atoms. The van der Waals surface area contributed by atoms with E-state index in [2.05, 4.69) is 14.7 Å². The van der Waals surface area contributed by atoms with Crippen LogP contribution in [0.2, 0.25) is 0 Å². The minimum Gasteiger partial charge on any atom is -0.208 e. The van der Waals surface area contributed by atoms with Gasteiger partial charge in [0.25, 0.3) is 0 Å². The van der Waals surface area contributed by atoms with Gasteiger partial charge in [0.05, 0.1) is 4.90 Å². The summed E-state index contributed by atoms with van der Waals surface area (Å²) in [5, 5.41) is 3.51. The molecule has 0 spiro atoms. The molecule has 1 unspecified atom stereocenters. The number of aryl methyl sites for hydroxylation is 1. The SMILES string of the molecule is Cc1ccc(S(=O)(=O)NC(CN=[N+]=[N-])Cc2ccccc2)cc1. The van der Waals surface area contributed by atoms with E-state index in [9.17, 15) is 8.42 Å². The fourth-order valence-corrected chi connectivity index (χ4v) is 3.41. The fraction of sp³-hybridized carbons (Fsp3) is 0.250. The summed E-state index contributed by atoms with van der Waals surface area (Å²) >= 11 is 0. The van der Waals surface area contributed by atoms with Crippen molar-refractivity contribution in [3.8, 4) is 0 Å². The van der Waals surface area contributed by atoms with Crippen LogP contribution in [0.3, 0.4) is 0 Å². The third kappa shape index (κ3) is 5.10. The van der Waals surface area contributed by atoms with Crippen LogP contribution in [0.4, 0.5) is 0 Å². The first-order valence-electron chi connectivity index (χ1n) is 7.15. The van der Waals surface area contributed by atoms with E-state index in [-0.39, 0.29) is 11.4 Å². The Bertz CT molecular complexity index is 783. The third-order valence-corrected chi connectivity index (χ3v) is 4.88. The highest BCUT2D eigenvalue weighted by molar-refractivity contribution is 7.89. The number of sulfonamides is 1. The lowest BCUT2D eigenvalue weighted by Crippen LogP contribution is -2.38. The van der Waals surface area contributed by atoms with Gasteiger partial charge in [-0.1, -0.05) is 53.1 Å². The van der Waals surface area contributed by atoms with Crippen LogP contribution in [-0.2, 0) is 16.4 Å². The van der Waals surface area contributed by atoms with Gasteiger partial charge < -0.3 is 0 Å². The topological polar surface area (TPSA) is 94.9 Å². The van der Waals surface area contributed by atoms with Crippen molar-refractivity contribution >= 4 is 10.0 Å². The number of rotatable bonds is 7. The molecule has 0 saturated carbocycles. The summed E-state index contributed by atoms with van der Waals surface area (Å²) in [6.07, 6.45) is 0.449. The molecule has 1 atom stereocenters. The van der Waals surface area contributed by atoms with E-state index in [1.807, 2.05) is 37.3 Å². The second-order valence-electron chi connectivity index (χ2n) is 5.23. The van der Waals surface area contributed by atoms with E-state index < -0.39 is 16.1 Å². The lowest BCUT2D eigenvalue weighted by Gasteiger charge is -2.17. The molecule has 23 heavy (non-hydrogen) atoms. The predicted molar refractivity (Wildman–Crippen MR) is 89.4 cm³/mol. The average Bonchev–Trinajstić information content (AvgIpc) is 2.54. The molecule has 2 aromatic carbocycles. The van der Waals surface area contributed by atoms with Crippen LogP contribution in [0.15, 0.2) is 64.6 Å². The van der Waals surface area contributed by atoms with Crippen LogP contribution in [0.1, 0.15) is 11.1 Å². The van der Waals surface area contributed by atoms with E-state index >= 15 is 0 Å². The van der Waals surface area contributed by atoms with Crippen molar-refractivity contribution in [2.45, 2.75) is 24.3 Å². The van der Waals surface area contributed by atoms with Crippen LogP contribution in [-0.4, -0.2) is 21.0 Å². The lowest BCUT2D eigenvalue weighted by molar-refractivity contribution is 0.547. The van der Waals surface area contributed by atoms with Gasteiger partial charge >= 0.3 is 0 Å². The van der Waals surface area contributed by atoms with Gasteiger partial charge in [0.2, 0.25) is 10.0 Å². The van der Waals surface area contributed by atoms with Gasteiger partial charge in [-0.15, -0.1) is 0 Å². The molecule has 1 N–H and O–H groups in total. The largest absolute Gasteiger partial charge is 0.240 e. The zero-order valence-electron chi connectivity index (χ0n) is 12.8. The van der Waals surface area contributed by atoms with Crippen molar-refractivity contribution in [2.75, 3.05) is 6.54 Å². The highest BCUT2D eigenvalue weighted by Gasteiger charge is 2.19. The first-order chi connectivity index (χ1) is 11.0. The highest BCUT2D eigenvalue weighted by Crippen LogP contribution is 2.12. The summed E-state index contributed by atoms with van der Waals surface area (Å²) < 4.78 is 27.5. The number of azide groups is 1. The summed E-state index contributed by atoms with van der Waals surface area (Å²) in [4.78, 5) is 2.92. The maximum absolute atomic E-state index is 12.5. The number of nitrogens with one attached hydrogen (secondary N) is 1. The molecule has 0 amide bonds. The minimum atomic E-state index is -3.66. The van der Waals surface area contributed by atoms with Gasteiger partial charge in [-0.3, -0.25) is 0 Å². The Morgan fingerprint density at radius 3 is 2.39 bits per heavy atom. The Morgan fingerprint density at radius 2 is 1.78 bits per heavy atom. The fourth-order valence-electron chi connectivity index (χ4n) is 2.18.